The summed E-state index contributed by atoms with van der Waals surface area (Å²) < 4.78 is 5.42. The minimum absolute atomic E-state index is 0.00379. The van der Waals surface area contributed by atoms with E-state index in [1.165, 1.54) is 5.57 Å². The average Bonchev–Trinajstić information content (AvgIpc) is 2.87. The third-order valence-electron chi connectivity index (χ3n) is 3.90. The van der Waals surface area contributed by atoms with Gasteiger partial charge in [0, 0.05) is 6.42 Å². The number of unbranched alkanes of at least 4 members (excludes halogenated alkanes) is 1. The summed E-state index contributed by atoms with van der Waals surface area (Å²) in [5.41, 5.74) is 2.34. The van der Waals surface area contributed by atoms with Gasteiger partial charge in [-0.15, -0.1) is 12.3 Å². The molecule has 2 atom stereocenters. The molecule has 0 heterocycles. The number of ether oxygens (including phenoxy) is 1. The largest absolute Gasteiger partial charge is 0.461 e. The Morgan fingerprint density at radius 3 is 2.55 bits per heavy atom. The molecule has 1 saturated carbocycles. The van der Waals surface area contributed by atoms with Crippen LogP contribution in [0.25, 0.3) is 0 Å². The average molecular weight is 274 g/mol. The number of carbonyl (C=O) groups is 1. The van der Waals surface area contributed by atoms with Crippen molar-refractivity contribution in [3.63, 3.8) is 0 Å². The highest BCUT2D eigenvalue weighted by Crippen LogP contribution is 2.59. The highest BCUT2D eigenvalue weighted by atomic mass is 16.5. The zero-order chi connectivity index (χ0) is 15.3. The van der Waals surface area contributed by atoms with Gasteiger partial charge in [0.2, 0.25) is 0 Å². The number of allylic oxidation sites excluding steroid dienone is 3. The molecule has 0 aromatic heterocycles. The summed E-state index contributed by atoms with van der Waals surface area (Å²) in [5.74, 6) is 2.82. The number of rotatable bonds is 6. The van der Waals surface area contributed by atoms with E-state index in [0.29, 0.717) is 12.5 Å². The summed E-state index contributed by atoms with van der Waals surface area (Å²) in [6.45, 7) is 10.7. The lowest BCUT2D eigenvalue weighted by atomic mass is 10.1. The molecule has 0 saturated heterocycles. The molecule has 0 spiro atoms. The molecular weight excluding hydrogens is 248 g/mol. The Morgan fingerprint density at radius 2 is 2.00 bits per heavy atom. The Kier molecular flexibility index (Phi) is 5.62. The predicted octanol–water partition coefficient (Wildman–Crippen LogP) is 4.13. The number of carbonyl (C=O) groups excluding carboxylic acids is 1. The van der Waals surface area contributed by atoms with Crippen LogP contribution < -0.4 is 0 Å². The predicted molar refractivity (Wildman–Crippen MR) is 83.0 cm³/mol. The van der Waals surface area contributed by atoms with Gasteiger partial charge >= 0.3 is 5.97 Å². The SMILES string of the molecule is C#CCCC=C(C)COC(=O)C1C(C=C(C)C)C1(C)C. The van der Waals surface area contributed by atoms with Crippen molar-refractivity contribution in [3.05, 3.63) is 23.3 Å². The third kappa shape index (κ3) is 4.27. The van der Waals surface area contributed by atoms with Crippen molar-refractivity contribution in [1.29, 1.82) is 0 Å². The molecule has 2 unspecified atom stereocenters. The second-order valence-corrected chi connectivity index (χ2v) is 6.47. The lowest BCUT2D eigenvalue weighted by Crippen LogP contribution is -2.12. The van der Waals surface area contributed by atoms with Crippen molar-refractivity contribution >= 4 is 5.97 Å². The Morgan fingerprint density at radius 1 is 1.35 bits per heavy atom. The molecule has 1 rings (SSSR count). The van der Waals surface area contributed by atoms with Crippen molar-refractivity contribution in [2.45, 2.75) is 47.5 Å². The monoisotopic (exact) mass is 274 g/mol. The Balaban J connectivity index is 2.47. The van der Waals surface area contributed by atoms with Crippen molar-refractivity contribution in [2.24, 2.45) is 17.3 Å². The number of hydrogen-bond donors (Lipinski definition) is 0. The van der Waals surface area contributed by atoms with Gasteiger partial charge in [0.1, 0.15) is 6.61 Å². The lowest BCUT2D eigenvalue weighted by Gasteiger charge is -2.06. The summed E-state index contributed by atoms with van der Waals surface area (Å²) in [6.07, 6.45) is 11.0. The standard InChI is InChI=1S/C18H26O2/c1-7-8-9-10-14(4)12-20-17(19)16-15(11-13(2)3)18(16,5)6/h1,10-11,15-16H,8-9,12H2,2-6H3. The van der Waals surface area contributed by atoms with Gasteiger partial charge in [-0.05, 0) is 44.1 Å². The molecule has 0 aromatic carbocycles. The van der Waals surface area contributed by atoms with Crippen LogP contribution in [0, 0.1) is 29.6 Å². The van der Waals surface area contributed by atoms with Gasteiger partial charge in [0.25, 0.3) is 0 Å². The van der Waals surface area contributed by atoms with Crippen LogP contribution in [0.3, 0.4) is 0 Å². The molecule has 2 heteroatoms. The van der Waals surface area contributed by atoms with E-state index in [0.717, 1.165) is 18.4 Å². The topological polar surface area (TPSA) is 26.3 Å². The van der Waals surface area contributed by atoms with E-state index >= 15 is 0 Å². The fourth-order valence-corrected chi connectivity index (χ4v) is 2.53. The maximum Gasteiger partial charge on any atom is 0.310 e. The molecule has 0 amide bonds. The van der Waals surface area contributed by atoms with Gasteiger partial charge in [-0.2, -0.15) is 0 Å². The van der Waals surface area contributed by atoms with Crippen LogP contribution in [-0.4, -0.2) is 12.6 Å². The van der Waals surface area contributed by atoms with Gasteiger partial charge in [0.15, 0.2) is 0 Å². The first kappa shape index (κ1) is 16.6. The van der Waals surface area contributed by atoms with E-state index in [4.69, 9.17) is 11.2 Å². The van der Waals surface area contributed by atoms with E-state index in [1.807, 2.05) is 13.0 Å². The van der Waals surface area contributed by atoms with Crippen LogP contribution in [0.15, 0.2) is 23.3 Å². The maximum absolute atomic E-state index is 12.1. The summed E-state index contributed by atoms with van der Waals surface area (Å²) >= 11 is 0. The molecule has 0 bridgehead atoms. The maximum atomic E-state index is 12.1. The summed E-state index contributed by atoms with van der Waals surface area (Å²) in [4.78, 5) is 12.1. The molecule has 1 aliphatic carbocycles. The fourth-order valence-electron chi connectivity index (χ4n) is 2.53. The molecule has 0 radical (unpaired) electrons. The number of terminal acetylenes is 1. The molecule has 0 N–H and O–H groups in total. The van der Waals surface area contributed by atoms with E-state index < -0.39 is 0 Å². The smallest absolute Gasteiger partial charge is 0.310 e. The Hall–Kier alpha value is -1.49. The van der Waals surface area contributed by atoms with Crippen LogP contribution >= 0.6 is 0 Å². The van der Waals surface area contributed by atoms with Crippen molar-refractivity contribution in [1.82, 2.24) is 0 Å². The highest BCUT2D eigenvalue weighted by Gasteiger charge is 2.61. The minimum atomic E-state index is -0.0813. The van der Waals surface area contributed by atoms with Gasteiger partial charge in [0.05, 0.1) is 5.92 Å². The van der Waals surface area contributed by atoms with Gasteiger partial charge in [-0.3, -0.25) is 4.79 Å². The van der Waals surface area contributed by atoms with E-state index in [1.54, 1.807) is 0 Å². The van der Waals surface area contributed by atoms with Crippen molar-refractivity contribution < 1.29 is 9.53 Å². The van der Waals surface area contributed by atoms with E-state index in [-0.39, 0.29) is 17.3 Å². The molecule has 1 fully saturated rings. The van der Waals surface area contributed by atoms with Crippen LogP contribution in [0.5, 0.6) is 0 Å². The second kappa shape index (κ2) is 6.79. The first-order valence-electron chi connectivity index (χ1n) is 7.21. The lowest BCUT2D eigenvalue weighted by molar-refractivity contribution is -0.145. The van der Waals surface area contributed by atoms with Gasteiger partial charge in [-0.1, -0.05) is 31.6 Å². The Labute approximate surface area is 123 Å². The van der Waals surface area contributed by atoms with Crippen molar-refractivity contribution in [3.8, 4) is 12.3 Å². The van der Waals surface area contributed by atoms with Crippen molar-refractivity contribution in [2.75, 3.05) is 6.61 Å². The molecular formula is C18H26O2. The first-order chi connectivity index (χ1) is 9.30. The molecule has 110 valence electrons. The molecule has 0 aliphatic heterocycles. The quantitative estimate of drug-likeness (QED) is 0.315. The summed E-state index contributed by atoms with van der Waals surface area (Å²) in [5, 5.41) is 0. The molecule has 0 aromatic rings. The second-order valence-electron chi connectivity index (χ2n) is 6.47. The molecule has 1 aliphatic rings. The first-order valence-corrected chi connectivity index (χ1v) is 7.21. The van der Waals surface area contributed by atoms with Crippen LogP contribution in [0.1, 0.15) is 47.5 Å². The highest BCUT2D eigenvalue weighted by molar-refractivity contribution is 5.78. The summed E-state index contributed by atoms with van der Waals surface area (Å²) in [7, 11) is 0. The van der Waals surface area contributed by atoms with Gasteiger partial charge < -0.3 is 4.74 Å². The number of esters is 1. The Bertz CT molecular complexity index is 456. The molecule has 2 nitrogen and oxygen atoms in total. The van der Waals surface area contributed by atoms with Crippen LogP contribution in [-0.2, 0) is 9.53 Å². The van der Waals surface area contributed by atoms with Gasteiger partial charge in [-0.25, -0.2) is 0 Å². The fraction of sp³-hybridized carbons (Fsp3) is 0.611. The zero-order valence-electron chi connectivity index (χ0n) is 13.3. The van der Waals surface area contributed by atoms with E-state index in [2.05, 4.69) is 39.7 Å². The number of hydrogen-bond acceptors (Lipinski definition) is 2. The third-order valence-corrected chi connectivity index (χ3v) is 3.90. The minimum Gasteiger partial charge on any atom is -0.461 e. The van der Waals surface area contributed by atoms with Crippen LogP contribution in [0.4, 0.5) is 0 Å². The molecule has 20 heavy (non-hydrogen) atoms. The normalized spacial score (nSPS) is 23.7. The van der Waals surface area contributed by atoms with E-state index in [9.17, 15) is 4.79 Å². The zero-order valence-corrected chi connectivity index (χ0v) is 13.3. The summed E-state index contributed by atoms with van der Waals surface area (Å²) in [6, 6.07) is 0. The van der Waals surface area contributed by atoms with Crippen LogP contribution in [0.2, 0.25) is 0 Å².